The van der Waals surface area contributed by atoms with E-state index in [0.29, 0.717) is 18.8 Å². The molecule has 1 amide bonds. The van der Waals surface area contributed by atoms with Gasteiger partial charge in [0.2, 0.25) is 15.9 Å². The molecule has 0 spiro atoms. The van der Waals surface area contributed by atoms with Crippen LogP contribution < -0.4 is 11.1 Å². The van der Waals surface area contributed by atoms with Gasteiger partial charge in [-0.3, -0.25) is 4.79 Å². The summed E-state index contributed by atoms with van der Waals surface area (Å²) in [4.78, 5) is 11.2. The van der Waals surface area contributed by atoms with Crippen LogP contribution in [0.15, 0.2) is 29.2 Å². The van der Waals surface area contributed by atoms with Crippen molar-refractivity contribution in [1.29, 1.82) is 0 Å². The lowest BCUT2D eigenvalue weighted by Gasteiger charge is -2.21. The first kappa shape index (κ1) is 15.9. The van der Waals surface area contributed by atoms with Crippen molar-refractivity contribution in [1.82, 2.24) is 4.31 Å². The molecule has 2 unspecified atom stereocenters. The van der Waals surface area contributed by atoms with Crippen molar-refractivity contribution in [2.75, 3.05) is 18.4 Å². The van der Waals surface area contributed by atoms with Crippen LogP contribution in [0.25, 0.3) is 0 Å². The summed E-state index contributed by atoms with van der Waals surface area (Å²) in [7, 11) is -3.51. The Kier molecular flexibility index (Phi) is 4.65. The summed E-state index contributed by atoms with van der Waals surface area (Å²) in [5, 5.41) is 2.61. The predicted octanol–water partition coefficient (Wildman–Crippen LogP) is 1.00. The molecule has 116 valence electrons. The Morgan fingerprint density at radius 3 is 2.48 bits per heavy atom. The maximum Gasteiger partial charge on any atom is 0.243 e. The number of hydrogen-bond donors (Lipinski definition) is 2. The lowest BCUT2D eigenvalue weighted by Crippen LogP contribution is -2.34. The second-order valence-corrected chi connectivity index (χ2v) is 7.36. The highest BCUT2D eigenvalue weighted by atomic mass is 32.2. The van der Waals surface area contributed by atoms with Gasteiger partial charge in [-0.2, -0.15) is 4.31 Å². The highest BCUT2D eigenvalue weighted by Gasteiger charge is 2.37. The fourth-order valence-corrected chi connectivity index (χ4v) is 4.38. The van der Waals surface area contributed by atoms with Crippen molar-refractivity contribution in [2.45, 2.75) is 31.2 Å². The molecule has 1 fully saturated rings. The molecular formula is C14H21N3O3S. The van der Waals surface area contributed by atoms with Gasteiger partial charge in [0, 0.05) is 25.2 Å². The van der Waals surface area contributed by atoms with Crippen molar-refractivity contribution in [3.63, 3.8) is 0 Å². The number of carbonyl (C=O) groups is 1. The van der Waals surface area contributed by atoms with Crippen LogP contribution >= 0.6 is 0 Å². The van der Waals surface area contributed by atoms with Crippen LogP contribution in [0.5, 0.6) is 0 Å². The number of sulfonamides is 1. The number of rotatable bonds is 4. The molecule has 2 atom stereocenters. The van der Waals surface area contributed by atoms with Gasteiger partial charge < -0.3 is 11.1 Å². The quantitative estimate of drug-likeness (QED) is 0.867. The number of amides is 1. The van der Waals surface area contributed by atoms with Gasteiger partial charge >= 0.3 is 0 Å². The Morgan fingerprint density at radius 2 is 2.00 bits per heavy atom. The maximum atomic E-state index is 12.6. The third-order valence-electron chi connectivity index (χ3n) is 3.72. The fraction of sp³-hybridized carbons (Fsp3) is 0.500. The van der Waals surface area contributed by atoms with Gasteiger partial charge in [0.25, 0.3) is 0 Å². The van der Waals surface area contributed by atoms with Crippen LogP contribution in [0.3, 0.4) is 0 Å². The second kappa shape index (κ2) is 6.13. The molecule has 0 radical (unpaired) electrons. The number of carbonyl (C=O) groups excluding carboxylic acids is 1. The summed E-state index contributed by atoms with van der Waals surface area (Å²) < 4.78 is 26.8. The zero-order valence-corrected chi connectivity index (χ0v) is 13.1. The van der Waals surface area contributed by atoms with Crippen molar-refractivity contribution in [3.8, 4) is 0 Å². The molecule has 1 aliphatic rings. The predicted molar refractivity (Wildman–Crippen MR) is 81.3 cm³/mol. The first-order chi connectivity index (χ1) is 9.84. The first-order valence-electron chi connectivity index (χ1n) is 6.94. The van der Waals surface area contributed by atoms with Crippen LogP contribution in [0, 0.1) is 5.92 Å². The Balaban J connectivity index is 2.21. The number of anilines is 1. The molecule has 6 nitrogen and oxygen atoms in total. The molecule has 1 saturated heterocycles. The molecular weight excluding hydrogens is 290 g/mol. The number of nitrogens with one attached hydrogen (secondary N) is 1. The van der Waals surface area contributed by atoms with Gasteiger partial charge in [0.1, 0.15) is 0 Å². The normalized spacial score (nSPS) is 23.2. The molecule has 1 aromatic carbocycles. The Morgan fingerprint density at radius 1 is 1.38 bits per heavy atom. The van der Waals surface area contributed by atoms with E-state index >= 15 is 0 Å². The largest absolute Gasteiger partial charge is 0.330 e. The van der Waals surface area contributed by atoms with E-state index in [1.165, 1.54) is 23.4 Å². The Hall–Kier alpha value is -1.44. The number of nitrogens with zero attached hydrogens (tertiary/aromatic N) is 1. The number of benzene rings is 1. The minimum Gasteiger partial charge on any atom is -0.330 e. The van der Waals surface area contributed by atoms with Gasteiger partial charge in [-0.1, -0.05) is 0 Å². The zero-order valence-electron chi connectivity index (χ0n) is 12.2. The molecule has 0 aromatic heterocycles. The summed E-state index contributed by atoms with van der Waals surface area (Å²) in [6.07, 6.45) is 0.791. The highest BCUT2D eigenvalue weighted by Crippen LogP contribution is 2.29. The minimum absolute atomic E-state index is 0.0430. The maximum absolute atomic E-state index is 12.6. The smallest absolute Gasteiger partial charge is 0.243 e. The van der Waals surface area contributed by atoms with E-state index in [1.807, 2.05) is 6.92 Å². The standard InChI is InChI=1S/C14H21N3O3S/c1-10-7-12(8-15)9-17(10)21(19,20)14-5-3-13(4-6-14)16-11(2)18/h3-6,10,12H,7-9,15H2,1-2H3,(H,16,18). The molecule has 7 heteroatoms. The van der Waals surface area contributed by atoms with E-state index < -0.39 is 10.0 Å². The van der Waals surface area contributed by atoms with Gasteiger partial charge in [-0.05, 0) is 50.1 Å². The molecule has 3 N–H and O–H groups in total. The molecule has 2 rings (SSSR count). The van der Waals surface area contributed by atoms with Gasteiger partial charge in [0.05, 0.1) is 4.90 Å². The van der Waals surface area contributed by atoms with Crippen LogP contribution in [0.4, 0.5) is 5.69 Å². The number of nitrogens with two attached hydrogens (primary N) is 1. The minimum atomic E-state index is -3.51. The molecule has 1 heterocycles. The summed E-state index contributed by atoms with van der Waals surface area (Å²) in [5.41, 5.74) is 6.22. The average molecular weight is 311 g/mol. The van der Waals surface area contributed by atoms with E-state index in [9.17, 15) is 13.2 Å². The van der Waals surface area contributed by atoms with E-state index in [4.69, 9.17) is 5.73 Å². The van der Waals surface area contributed by atoms with Crippen LogP contribution in [-0.4, -0.2) is 37.8 Å². The molecule has 1 aliphatic heterocycles. The Bertz CT molecular complexity index is 613. The lowest BCUT2D eigenvalue weighted by atomic mass is 10.1. The topological polar surface area (TPSA) is 92.5 Å². The second-order valence-electron chi connectivity index (χ2n) is 5.47. The average Bonchev–Trinajstić information content (AvgIpc) is 2.81. The summed E-state index contributed by atoms with van der Waals surface area (Å²) in [6, 6.07) is 6.18. The highest BCUT2D eigenvalue weighted by molar-refractivity contribution is 7.89. The van der Waals surface area contributed by atoms with Gasteiger partial charge in [-0.25, -0.2) is 8.42 Å². The molecule has 0 aliphatic carbocycles. The summed E-state index contributed by atoms with van der Waals surface area (Å²) in [5.74, 6) is 0.0259. The van der Waals surface area contributed by atoms with E-state index in [-0.39, 0.29) is 22.8 Å². The third kappa shape index (κ3) is 3.42. The van der Waals surface area contributed by atoms with Crippen molar-refractivity contribution < 1.29 is 13.2 Å². The fourth-order valence-electron chi connectivity index (χ4n) is 2.66. The van der Waals surface area contributed by atoms with Gasteiger partial charge in [-0.15, -0.1) is 0 Å². The first-order valence-corrected chi connectivity index (χ1v) is 8.38. The SMILES string of the molecule is CC(=O)Nc1ccc(S(=O)(=O)N2CC(CN)CC2C)cc1. The van der Waals surface area contributed by atoms with Crippen LogP contribution in [0.2, 0.25) is 0 Å². The summed E-state index contributed by atoms with van der Waals surface area (Å²) >= 11 is 0. The van der Waals surface area contributed by atoms with Crippen LogP contribution in [0.1, 0.15) is 20.3 Å². The van der Waals surface area contributed by atoms with Crippen molar-refractivity contribution in [2.24, 2.45) is 11.7 Å². The molecule has 1 aromatic rings. The monoisotopic (exact) mass is 311 g/mol. The van der Waals surface area contributed by atoms with E-state index in [2.05, 4.69) is 5.32 Å². The molecule has 21 heavy (non-hydrogen) atoms. The van der Waals surface area contributed by atoms with Crippen molar-refractivity contribution in [3.05, 3.63) is 24.3 Å². The Labute approximate surface area is 125 Å². The van der Waals surface area contributed by atoms with E-state index in [0.717, 1.165) is 6.42 Å². The molecule has 0 saturated carbocycles. The summed E-state index contributed by atoms with van der Waals surface area (Å²) in [6.45, 7) is 4.27. The number of hydrogen-bond acceptors (Lipinski definition) is 4. The van der Waals surface area contributed by atoms with E-state index in [1.54, 1.807) is 12.1 Å². The van der Waals surface area contributed by atoms with Crippen LogP contribution in [-0.2, 0) is 14.8 Å². The zero-order chi connectivity index (χ0) is 15.6. The van der Waals surface area contributed by atoms with Gasteiger partial charge in [0.15, 0.2) is 0 Å². The lowest BCUT2D eigenvalue weighted by molar-refractivity contribution is -0.114. The molecule has 0 bridgehead atoms. The van der Waals surface area contributed by atoms with Crippen molar-refractivity contribution >= 4 is 21.6 Å². The third-order valence-corrected chi connectivity index (χ3v) is 5.71.